The number of fused-ring (bicyclic) bond motifs is 24. The molecule has 31 rings (SSSR count). The van der Waals surface area contributed by atoms with Crippen LogP contribution < -0.4 is 0 Å². The minimum atomic E-state index is 0.0483. The van der Waals surface area contributed by atoms with Crippen LogP contribution in [0.3, 0.4) is 0 Å². The highest BCUT2D eigenvalue weighted by molar-refractivity contribution is 6.30. The van der Waals surface area contributed by atoms with Crippen LogP contribution in [0, 0.1) is 13.8 Å². The zero-order valence-electron chi connectivity index (χ0n) is 82.8. The topological polar surface area (TPSA) is 65.7 Å². The summed E-state index contributed by atoms with van der Waals surface area (Å²) in [5.41, 5.74) is 32.6. The van der Waals surface area contributed by atoms with E-state index in [2.05, 4.69) is 477 Å². The molecule has 149 heavy (non-hydrogen) atoms. The molecule has 0 unspecified atom stereocenters. The molecular weight excluding hydrogens is 1810 g/mol. The molecule has 0 radical (unpaired) electrons. The van der Waals surface area contributed by atoms with Crippen LogP contribution in [-0.4, -0.2) is 0 Å². The molecular formula is C144H96O5. The van der Waals surface area contributed by atoms with E-state index in [4.69, 9.17) is 22.1 Å². The zero-order chi connectivity index (χ0) is 99.2. The van der Waals surface area contributed by atoms with Crippen LogP contribution >= 0.6 is 0 Å². The largest absolute Gasteiger partial charge is 0.456 e. The normalized spacial score (nSPS) is 11.9. The number of benzene rings is 26. The van der Waals surface area contributed by atoms with Crippen molar-refractivity contribution in [1.82, 2.24) is 0 Å². The first-order chi connectivity index (χ1) is 73.4. The zero-order valence-corrected chi connectivity index (χ0v) is 82.8. The van der Waals surface area contributed by atoms with Gasteiger partial charge >= 0.3 is 0 Å². The van der Waals surface area contributed by atoms with Gasteiger partial charge in [0.15, 0.2) is 0 Å². The second-order valence-electron chi connectivity index (χ2n) is 40.6. The molecule has 0 aliphatic heterocycles. The average molecular weight is 1910 g/mol. The van der Waals surface area contributed by atoms with Crippen molar-refractivity contribution < 1.29 is 22.1 Å². The lowest BCUT2D eigenvalue weighted by molar-refractivity contribution is 0.591. The molecule has 0 aliphatic carbocycles. The van der Waals surface area contributed by atoms with Gasteiger partial charge in [0.25, 0.3) is 0 Å². The van der Waals surface area contributed by atoms with Gasteiger partial charge in [-0.05, 0) is 244 Å². The van der Waals surface area contributed by atoms with Gasteiger partial charge in [0.05, 0.1) is 0 Å². The molecule has 0 bridgehead atoms. The Kier molecular flexibility index (Phi) is 20.9. The fourth-order valence-electron chi connectivity index (χ4n) is 24.1. The highest BCUT2D eigenvalue weighted by atomic mass is 16.3. The van der Waals surface area contributed by atoms with Crippen molar-refractivity contribution >= 4 is 207 Å². The Labute approximate surface area is 859 Å². The monoisotopic (exact) mass is 1900 g/mol. The van der Waals surface area contributed by atoms with E-state index in [1.807, 2.05) is 48.5 Å². The van der Waals surface area contributed by atoms with Gasteiger partial charge in [-0.1, -0.05) is 457 Å². The number of furan rings is 5. The molecule has 5 nitrogen and oxygen atoms in total. The van der Waals surface area contributed by atoms with Gasteiger partial charge < -0.3 is 22.1 Å². The summed E-state index contributed by atoms with van der Waals surface area (Å²) in [5, 5.41) is 33.9. The van der Waals surface area contributed by atoms with Crippen LogP contribution in [-0.2, 0) is 5.41 Å². The molecule has 702 valence electrons. The van der Waals surface area contributed by atoms with Crippen LogP contribution in [0.15, 0.2) is 513 Å². The van der Waals surface area contributed by atoms with Crippen LogP contribution in [0.25, 0.3) is 296 Å². The quantitative estimate of drug-likeness (QED) is 0.142. The highest BCUT2D eigenvalue weighted by Gasteiger charge is 2.29. The molecule has 0 aliphatic rings. The predicted molar refractivity (Wildman–Crippen MR) is 631 cm³/mol. The fraction of sp³-hybridized carbons (Fsp3) is 0.0417. The number of para-hydroxylation sites is 8. The molecule has 5 heterocycles. The number of hydrogen-bond donors (Lipinski definition) is 0. The van der Waals surface area contributed by atoms with Crippen molar-refractivity contribution in [3.8, 4) is 89.0 Å². The molecule has 26 aromatic carbocycles. The minimum absolute atomic E-state index is 0.0483. The molecule has 0 atom stereocenters. The molecule has 5 aromatic heterocycles. The van der Waals surface area contributed by atoms with Crippen molar-refractivity contribution in [3.63, 3.8) is 0 Å². The molecule has 0 saturated carbocycles. The Hall–Kier alpha value is -18.9. The third kappa shape index (κ3) is 14.7. The molecule has 0 spiro atoms. The summed E-state index contributed by atoms with van der Waals surface area (Å²) in [6, 6.07) is 176. The predicted octanol–water partition coefficient (Wildman–Crippen LogP) is 41.9. The van der Waals surface area contributed by atoms with Crippen LogP contribution in [0.5, 0.6) is 0 Å². The Morgan fingerprint density at radius 2 is 0.389 bits per heavy atom. The molecule has 0 saturated heterocycles. The maximum atomic E-state index is 6.53. The van der Waals surface area contributed by atoms with E-state index in [0.29, 0.717) is 0 Å². The number of aryl methyl sites for hydroxylation is 2. The fourth-order valence-corrected chi connectivity index (χ4v) is 24.1. The maximum Gasteiger partial charge on any atom is 0.143 e. The van der Waals surface area contributed by atoms with Gasteiger partial charge in [-0.2, -0.15) is 0 Å². The van der Waals surface area contributed by atoms with Crippen LogP contribution in [0.1, 0.15) is 37.5 Å². The summed E-state index contributed by atoms with van der Waals surface area (Å²) in [6.07, 6.45) is 0. The van der Waals surface area contributed by atoms with E-state index >= 15 is 0 Å². The first-order valence-electron chi connectivity index (χ1n) is 51.4. The first-order valence-corrected chi connectivity index (χ1v) is 51.4. The Balaban J connectivity index is 0.0000000957. The summed E-state index contributed by atoms with van der Waals surface area (Å²) >= 11 is 0. The van der Waals surface area contributed by atoms with Crippen molar-refractivity contribution in [2.24, 2.45) is 0 Å². The molecule has 0 amide bonds. The van der Waals surface area contributed by atoms with Gasteiger partial charge in [-0.25, -0.2) is 0 Å². The Bertz CT molecular complexity index is 10700. The molecule has 5 heteroatoms. The second kappa shape index (κ2) is 35.5. The molecule has 31 aromatic rings. The van der Waals surface area contributed by atoms with E-state index in [-0.39, 0.29) is 5.41 Å². The summed E-state index contributed by atoms with van der Waals surface area (Å²) < 4.78 is 32.1. The highest BCUT2D eigenvalue weighted by Crippen LogP contribution is 2.54. The summed E-state index contributed by atoms with van der Waals surface area (Å²) in [5.74, 6) is 0. The lowest BCUT2D eigenvalue weighted by Gasteiger charge is -2.23. The minimum Gasteiger partial charge on any atom is -0.456 e. The summed E-state index contributed by atoms with van der Waals surface area (Å²) in [4.78, 5) is 0. The lowest BCUT2D eigenvalue weighted by Crippen LogP contribution is -2.10. The summed E-state index contributed by atoms with van der Waals surface area (Å²) in [6.45, 7) is 11.2. The Morgan fingerprint density at radius 3 is 0.738 bits per heavy atom. The first kappa shape index (κ1) is 87.8. The SMILES string of the molecule is CC(C)(C)c1ccc2c(-c3cccc4c3oc3ccccc34)c3ccccc3c(-c3ccccc3)c2c1.Cc1cc(C)cc(-c2c3ccccc3c(-c3ccc4c(c3)oc3ccccc34)c3ccccc23)c1.c1ccc2c(c1)oc1cc(-c3c4ccccc4c(-c4cccc5c4oc4ccccc45)c4ccccc34)ccc12.c1ccc2cc(-c3c4ccccc4c(-c4cccc5c4oc4ccccc45)c4ccccc34)ccc2c1. The van der Waals surface area contributed by atoms with Gasteiger partial charge in [-0.3, -0.25) is 0 Å². The molecule has 0 N–H and O–H groups in total. The van der Waals surface area contributed by atoms with Crippen LogP contribution in [0.2, 0.25) is 0 Å². The standard InChI is InChI=1S/C38H22O2.C36H22O.C36H28O.C34H24O/c1-3-14-29-27(12-1)36(23-20-21-26-24-10-5-7-18-33(24)39-35(26)22-23)28-13-2-4-15-30(28)37(29)32-17-9-16-31-25-11-6-8-19-34(25)40-38(31)32;1-2-11-24-22-25(21-20-23(24)10-1)34-27-13-3-5-15-29(27)35(30-16-6-4-14-28(30)34)32-18-9-17-31-26-12-7-8-19-33(26)37-36(31)32;1-36(2,3)24-20-21-28-31(22-24)33(23-12-5-4-6-13-23)26-15-7-8-16-27(26)34(28)30-18-11-17-29-25-14-9-10-19-32(25)37-35(29)30;1-21-17-22(2)19-24(18-21)34-29-12-5-3-10-27(29)33(28-11-4-6-13-30(28)34)23-15-16-26-25-9-7-8-14-31(25)35-32(26)20-23/h1-22H;1-22H;4-22H,1-3H3;3-20H,1-2H3. The average Bonchev–Trinajstić information content (AvgIpc) is 1.71. The maximum absolute atomic E-state index is 6.53. The summed E-state index contributed by atoms with van der Waals surface area (Å²) in [7, 11) is 0. The second-order valence-corrected chi connectivity index (χ2v) is 40.6. The van der Waals surface area contributed by atoms with Crippen molar-refractivity contribution in [2.45, 2.75) is 40.0 Å². The van der Waals surface area contributed by atoms with Crippen molar-refractivity contribution in [1.29, 1.82) is 0 Å². The molecule has 0 fully saturated rings. The number of rotatable bonds is 8. The third-order valence-corrected chi connectivity index (χ3v) is 30.7. The van der Waals surface area contributed by atoms with E-state index in [1.54, 1.807) is 0 Å². The van der Waals surface area contributed by atoms with Crippen LogP contribution in [0.4, 0.5) is 0 Å². The van der Waals surface area contributed by atoms with Gasteiger partial charge in [0, 0.05) is 87.2 Å². The van der Waals surface area contributed by atoms with E-state index in [9.17, 15) is 0 Å². The van der Waals surface area contributed by atoms with E-state index in [0.717, 1.165) is 132 Å². The third-order valence-electron chi connectivity index (χ3n) is 30.7. The van der Waals surface area contributed by atoms with E-state index in [1.165, 1.54) is 180 Å². The Morgan fingerprint density at radius 1 is 0.141 bits per heavy atom. The van der Waals surface area contributed by atoms with Crippen molar-refractivity contribution in [2.75, 3.05) is 0 Å². The van der Waals surface area contributed by atoms with Gasteiger partial charge in [-0.15, -0.1) is 0 Å². The van der Waals surface area contributed by atoms with Crippen molar-refractivity contribution in [3.05, 3.63) is 508 Å². The number of hydrogen-bond acceptors (Lipinski definition) is 5. The van der Waals surface area contributed by atoms with E-state index < -0.39 is 0 Å². The smallest absolute Gasteiger partial charge is 0.143 e. The van der Waals surface area contributed by atoms with Gasteiger partial charge in [0.1, 0.15) is 55.8 Å². The van der Waals surface area contributed by atoms with Gasteiger partial charge in [0.2, 0.25) is 0 Å². The lowest BCUT2D eigenvalue weighted by atomic mass is 9.81.